The summed E-state index contributed by atoms with van der Waals surface area (Å²) in [6.07, 6.45) is 1.85. The van der Waals surface area contributed by atoms with Gasteiger partial charge in [-0.15, -0.1) is 0 Å². The first-order valence-corrected chi connectivity index (χ1v) is 8.05. The fourth-order valence-electron chi connectivity index (χ4n) is 2.35. The van der Waals surface area contributed by atoms with Crippen molar-refractivity contribution in [2.24, 2.45) is 0 Å². The number of aromatic nitrogens is 1. The van der Waals surface area contributed by atoms with E-state index in [0.29, 0.717) is 29.2 Å². The molecule has 2 amide bonds. The summed E-state index contributed by atoms with van der Waals surface area (Å²) in [5.41, 5.74) is 0.978. The first-order chi connectivity index (χ1) is 12.6. The number of hydrogen-bond acceptors (Lipinski definition) is 4. The zero-order valence-corrected chi connectivity index (χ0v) is 14.0. The van der Waals surface area contributed by atoms with Gasteiger partial charge in [-0.3, -0.25) is 14.4 Å². The van der Waals surface area contributed by atoms with Gasteiger partial charge in [0.1, 0.15) is 11.3 Å². The number of hydrogen-bond donors (Lipinski definition) is 3. The maximum absolute atomic E-state index is 12.4. The Balaban J connectivity index is 1.77. The van der Waals surface area contributed by atoms with Gasteiger partial charge in [-0.2, -0.15) is 0 Å². The van der Waals surface area contributed by atoms with Crippen LogP contribution < -0.4 is 16.2 Å². The van der Waals surface area contributed by atoms with Crippen molar-refractivity contribution in [3.8, 4) is 11.5 Å². The quantitative estimate of drug-likeness (QED) is 0.656. The van der Waals surface area contributed by atoms with Crippen molar-refractivity contribution >= 4 is 23.2 Å². The minimum Gasteiger partial charge on any atom is -0.463 e. The maximum Gasteiger partial charge on any atom is 0.261 e. The molecule has 3 N–H and O–H groups in total. The number of amides is 2. The Bertz CT molecular complexity index is 990. The van der Waals surface area contributed by atoms with Crippen molar-refractivity contribution in [3.63, 3.8) is 0 Å². The van der Waals surface area contributed by atoms with Crippen LogP contribution in [0.3, 0.4) is 0 Å². The van der Waals surface area contributed by atoms with Gasteiger partial charge in [0, 0.05) is 17.8 Å². The Kier molecular flexibility index (Phi) is 4.98. The van der Waals surface area contributed by atoms with Crippen LogP contribution >= 0.6 is 0 Å². The molecule has 0 aliphatic carbocycles. The van der Waals surface area contributed by atoms with E-state index in [1.807, 2.05) is 0 Å². The third-order valence-corrected chi connectivity index (χ3v) is 3.67. The number of carbonyl (C=O) groups is 2. The van der Waals surface area contributed by atoms with E-state index in [0.717, 1.165) is 0 Å². The van der Waals surface area contributed by atoms with E-state index in [-0.39, 0.29) is 11.5 Å². The lowest BCUT2D eigenvalue weighted by atomic mass is 10.2. The lowest BCUT2D eigenvalue weighted by Gasteiger charge is -2.08. The van der Waals surface area contributed by atoms with Gasteiger partial charge in [0.2, 0.25) is 5.91 Å². The van der Waals surface area contributed by atoms with Crippen LogP contribution in [0.5, 0.6) is 0 Å². The predicted molar refractivity (Wildman–Crippen MR) is 98.1 cm³/mol. The van der Waals surface area contributed by atoms with E-state index in [2.05, 4.69) is 15.6 Å². The molecule has 7 nitrogen and oxygen atoms in total. The van der Waals surface area contributed by atoms with Gasteiger partial charge < -0.3 is 20.0 Å². The van der Waals surface area contributed by atoms with E-state index < -0.39 is 11.5 Å². The van der Waals surface area contributed by atoms with Gasteiger partial charge in [0.15, 0.2) is 0 Å². The van der Waals surface area contributed by atoms with Gasteiger partial charge in [-0.05, 0) is 42.5 Å². The Morgan fingerprint density at radius 2 is 1.81 bits per heavy atom. The number of benzene rings is 1. The molecule has 26 heavy (non-hydrogen) atoms. The monoisotopic (exact) mass is 351 g/mol. The van der Waals surface area contributed by atoms with Crippen molar-refractivity contribution in [1.29, 1.82) is 0 Å². The standard InChI is InChI=1S/C19H17N3O4/c1-2-17(23)20-12-5-3-6-13(11-12)21-18(24)14-8-9-15(22-19(14)25)16-7-4-10-26-16/h3-11H,2H2,1H3,(H,20,23)(H,21,24)(H,22,25). The molecule has 0 aliphatic heterocycles. The summed E-state index contributed by atoms with van der Waals surface area (Å²) in [7, 11) is 0. The van der Waals surface area contributed by atoms with Crippen LogP contribution in [0.2, 0.25) is 0 Å². The first kappa shape index (κ1) is 17.2. The van der Waals surface area contributed by atoms with Crippen molar-refractivity contribution in [2.75, 3.05) is 10.6 Å². The summed E-state index contributed by atoms with van der Waals surface area (Å²) in [6.45, 7) is 1.75. The van der Waals surface area contributed by atoms with Crippen LogP contribution in [-0.2, 0) is 4.79 Å². The highest BCUT2D eigenvalue weighted by Gasteiger charge is 2.13. The molecule has 0 spiro atoms. The van der Waals surface area contributed by atoms with Gasteiger partial charge in [0.25, 0.3) is 11.5 Å². The Morgan fingerprint density at radius 1 is 1.04 bits per heavy atom. The van der Waals surface area contributed by atoms with E-state index in [1.165, 1.54) is 12.3 Å². The minimum atomic E-state index is -0.545. The SMILES string of the molecule is CCC(=O)Nc1cccc(NC(=O)c2ccc(-c3ccco3)[nH]c2=O)c1. The summed E-state index contributed by atoms with van der Waals surface area (Å²) in [5.74, 6) is -0.164. The molecule has 7 heteroatoms. The first-order valence-electron chi connectivity index (χ1n) is 8.05. The number of nitrogens with one attached hydrogen (secondary N) is 3. The predicted octanol–water partition coefficient (Wildman–Crippen LogP) is 3.24. The fourth-order valence-corrected chi connectivity index (χ4v) is 2.35. The van der Waals surface area contributed by atoms with Gasteiger partial charge in [-0.25, -0.2) is 0 Å². The zero-order valence-electron chi connectivity index (χ0n) is 14.0. The fraction of sp³-hybridized carbons (Fsp3) is 0.105. The number of furan rings is 1. The molecule has 0 unspecified atom stereocenters. The van der Waals surface area contributed by atoms with Crippen LogP contribution in [0.25, 0.3) is 11.5 Å². The number of H-pyrrole nitrogens is 1. The molecule has 0 fully saturated rings. The third kappa shape index (κ3) is 3.89. The van der Waals surface area contributed by atoms with E-state index >= 15 is 0 Å². The highest BCUT2D eigenvalue weighted by molar-refractivity contribution is 6.04. The summed E-state index contributed by atoms with van der Waals surface area (Å²) >= 11 is 0. The minimum absolute atomic E-state index is 0.0247. The maximum atomic E-state index is 12.4. The van der Waals surface area contributed by atoms with Crippen LogP contribution in [0.4, 0.5) is 11.4 Å². The molecule has 0 saturated heterocycles. The molecule has 0 saturated carbocycles. The molecule has 2 heterocycles. The number of aromatic amines is 1. The molecular weight excluding hydrogens is 334 g/mol. The molecule has 0 atom stereocenters. The van der Waals surface area contributed by atoms with Crippen LogP contribution in [0, 0.1) is 0 Å². The van der Waals surface area contributed by atoms with E-state index in [1.54, 1.807) is 49.4 Å². The summed E-state index contributed by atoms with van der Waals surface area (Å²) in [4.78, 5) is 38.7. The number of carbonyl (C=O) groups excluding carboxylic acids is 2. The second-order valence-corrected chi connectivity index (χ2v) is 5.53. The second kappa shape index (κ2) is 7.52. The molecule has 1 aromatic carbocycles. The highest BCUT2D eigenvalue weighted by atomic mass is 16.3. The topological polar surface area (TPSA) is 104 Å². The van der Waals surface area contributed by atoms with Gasteiger partial charge in [-0.1, -0.05) is 13.0 Å². The lowest BCUT2D eigenvalue weighted by molar-refractivity contribution is -0.115. The highest BCUT2D eigenvalue weighted by Crippen LogP contribution is 2.18. The number of anilines is 2. The van der Waals surface area contributed by atoms with Crippen molar-refractivity contribution < 1.29 is 14.0 Å². The molecule has 3 rings (SSSR count). The van der Waals surface area contributed by atoms with E-state index in [4.69, 9.17) is 4.42 Å². The van der Waals surface area contributed by atoms with Gasteiger partial charge >= 0.3 is 0 Å². The number of pyridine rings is 1. The van der Waals surface area contributed by atoms with Crippen LogP contribution in [-0.4, -0.2) is 16.8 Å². The summed E-state index contributed by atoms with van der Waals surface area (Å²) in [6, 6.07) is 13.2. The molecule has 132 valence electrons. The summed E-state index contributed by atoms with van der Waals surface area (Å²) < 4.78 is 5.22. The molecule has 0 radical (unpaired) electrons. The normalized spacial score (nSPS) is 10.3. The molecule has 2 aromatic heterocycles. The largest absolute Gasteiger partial charge is 0.463 e. The van der Waals surface area contributed by atoms with Crippen LogP contribution in [0.15, 0.2) is 64.0 Å². The van der Waals surface area contributed by atoms with E-state index in [9.17, 15) is 14.4 Å². The van der Waals surface area contributed by atoms with Crippen molar-refractivity contribution in [2.45, 2.75) is 13.3 Å². The van der Waals surface area contributed by atoms with Gasteiger partial charge in [0.05, 0.1) is 12.0 Å². The average Bonchev–Trinajstić information content (AvgIpc) is 3.16. The molecule has 0 bridgehead atoms. The Hall–Kier alpha value is -3.61. The zero-order chi connectivity index (χ0) is 18.5. The molecular formula is C19H17N3O4. The van der Waals surface area contributed by atoms with Crippen LogP contribution in [0.1, 0.15) is 23.7 Å². The summed E-state index contributed by atoms with van der Waals surface area (Å²) in [5, 5.41) is 5.36. The third-order valence-electron chi connectivity index (χ3n) is 3.67. The lowest BCUT2D eigenvalue weighted by Crippen LogP contribution is -2.23. The van der Waals surface area contributed by atoms with Crippen molar-refractivity contribution in [3.05, 3.63) is 70.7 Å². The number of rotatable bonds is 5. The van der Waals surface area contributed by atoms with Crippen molar-refractivity contribution in [1.82, 2.24) is 4.98 Å². The Labute approximate surface area is 149 Å². The smallest absolute Gasteiger partial charge is 0.261 e. The molecule has 3 aromatic rings. The second-order valence-electron chi connectivity index (χ2n) is 5.53. The molecule has 0 aliphatic rings. The average molecular weight is 351 g/mol. The Morgan fingerprint density at radius 3 is 2.46 bits per heavy atom.